The van der Waals surface area contributed by atoms with Gasteiger partial charge < -0.3 is 15.7 Å². The molecule has 0 aliphatic carbocycles. The Bertz CT molecular complexity index is 615. The molecule has 1 atom stereocenters. The number of phenols is 1. The largest absolute Gasteiger partial charge is 0.507 e. The number of nitrogens with one attached hydrogen (secondary N) is 1. The number of aromatic hydroxyl groups is 1. The van der Waals surface area contributed by atoms with Crippen molar-refractivity contribution in [2.24, 2.45) is 5.73 Å². The predicted molar refractivity (Wildman–Crippen MR) is 72.9 cm³/mol. The third-order valence-electron chi connectivity index (χ3n) is 3.43. The van der Waals surface area contributed by atoms with E-state index in [9.17, 15) is 9.50 Å². The van der Waals surface area contributed by atoms with E-state index in [1.807, 2.05) is 4.90 Å². The molecule has 1 aliphatic heterocycles. The van der Waals surface area contributed by atoms with Crippen LogP contribution < -0.4 is 10.6 Å². The number of hydrogen-bond donors (Lipinski definition) is 3. The van der Waals surface area contributed by atoms with Crippen LogP contribution in [0, 0.1) is 5.82 Å². The topological polar surface area (TPSA) is 91.1 Å². The third kappa shape index (κ3) is 2.44. The summed E-state index contributed by atoms with van der Waals surface area (Å²) in [6.07, 6.45) is 2.01. The number of aromatic amines is 1. The van der Waals surface area contributed by atoms with Crippen molar-refractivity contribution in [3.8, 4) is 17.1 Å². The van der Waals surface area contributed by atoms with Gasteiger partial charge in [-0.1, -0.05) is 0 Å². The highest BCUT2D eigenvalue weighted by Crippen LogP contribution is 2.28. The van der Waals surface area contributed by atoms with Crippen LogP contribution in [0.25, 0.3) is 11.4 Å². The van der Waals surface area contributed by atoms with E-state index in [0.29, 0.717) is 23.9 Å². The Morgan fingerprint density at radius 2 is 2.30 bits per heavy atom. The van der Waals surface area contributed by atoms with Gasteiger partial charge in [-0.2, -0.15) is 4.98 Å². The normalized spacial score (nSPS) is 19.3. The highest BCUT2D eigenvalue weighted by atomic mass is 19.1. The SMILES string of the molecule is NC1CCCN(c2n[nH]c(-c3ccc(F)cc3O)n2)C1. The fraction of sp³-hybridized carbons (Fsp3) is 0.385. The van der Waals surface area contributed by atoms with Crippen LogP contribution in [-0.2, 0) is 0 Å². The van der Waals surface area contributed by atoms with Gasteiger partial charge in [-0.05, 0) is 25.0 Å². The molecule has 4 N–H and O–H groups in total. The van der Waals surface area contributed by atoms with Gasteiger partial charge in [-0.3, -0.25) is 5.10 Å². The quantitative estimate of drug-likeness (QED) is 0.768. The molecular formula is C13H16FN5O. The molecular weight excluding hydrogens is 261 g/mol. The molecule has 7 heteroatoms. The average Bonchev–Trinajstić information content (AvgIpc) is 2.88. The van der Waals surface area contributed by atoms with Crippen molar-refractivity contribution < 1.29 is 9.50 Å². The Labute approximate surface area is 115 Å². The molecule has 3 rings (SSSR count). The Balaban J connectivity index is 1.86. The summed E-state index contributed by atoms with van der Waals surface area (Å²) in [7, 11) is 0. The summed E-state index contributed by atoms with van der Waals surface area (Å²) in [6.45, 7) is 1.58. The van der Waals surface area contributed by atoms with E-state index < -0.39 is 5.82 Å². The van der Waals surface area contributed by atoms with Crippen LogP contribution in [0.4, 0.5) is 10.3 Å². The molecule has 1 aromatic carbocycles. The van der Waals surface area contributed by atoms with Crippen LogP contribution in [0.1, 0.15) is 12.8 Å². The lowest BCUT2D eigenvalue weighted by atomic mass is 10.1. The van der Waals surface area contributed by atoms with E-state index in [2.05, 4.69) is 15.2 Å². The summed E-state index contributed by atoms with van der Waals surface area (Å²) in [5.41, 5.74) is 6.35. The number of halogens is 1. The maximum Gasteiger partial charge on any atom is 0.245 e. The fourth-order valence-electron chi connectivity index (χ4n) is 2.41. The Morgan fingerprint density at radius 3 is 3.05 bits per heavy atom. The standard InChI is InChI=1S/C13H16FN5O/c14-8-3-4-10(11(20)6-8)12-16-13(18-17-12)19-5-1-2-9(15)7-19/h3-4,6,9,20H,1-2,5,7,15H2,(H,16,17,18). The minimum Gasteiger partial charge on any atom is -0.507 e. The van der Waals surface area contributed by atoms with Crippen molar-refractivity contribution in [3.63, 3.8) is 0 Å². The van der Waals surface area contributed by atoms with Gasteiger partial charge in [0.2, 0.25) is 5.95 Å². The van der Waals surface area contributed by atoms with Crippen LogP contribution in [0.15, 0.2) is 18.2 Å². The monoisotopic (exact) mass is 277 g/mol. The van der Waals surface area contributed by atoms with Crippen molar-refractivity contribution in [2.45, 2.75) is 18.9 Å². The number of hydrogen-bond acceptors (Lipinski definition) is 5. The summed E-state index contributed by atoms with van der Waals surface area (Å²) in [5, 5.41) is 16.7. The van der Waals surface area contributed by atoms with E-state index in [0.717, 1.165) is 25.5 Å². The van der Waals surface area contributed by atoms with E-state index in [1.54, 1.807) is 0 Å². The molecule has 1 fully saturated rings. The van der Waals surface area contributed by atoms with Crippen LogP contribution in [-0.4, -0.2) is 39.4 Å². The molecule has 1 unspecified atom stereocenters. The van der Waals surface area contributed by atoms with Crippen LogP contribution in [0.5, 0.6) is 5.75 Å². The number of phenolic OH excluding ortho intramolecular Hbond substituents is 1. The average molecular weight is 277 g/mol. The molecule has 1 aromatic heterocycles. The first kappa shape index (κ1) is 12.9. The zero-order valence-electron chi connectivity index (χ0n) is 10.9. The first-order chi connectivity index (χ1) is 9.63. The number of benzene rings is 1. The molecule has 2 aromatic rings. The second kappa shape index (κ2) is 5.09. The van der Waals surface area contributed by atoms with Crippen molar-refractivity contribution >= 4 is 5.95 Å². The summed E-state index contributed by atoms with van der Waals surface area (Å²) < 4.78 is 13.0. The van der Waals surface area contributed by atoms with Gasteiger partial charge in [-0.15, -0.1) is 5.10 Å². The second-order valence-corrected chi connectivity index (χ2v) is 4.99. The van der Waals surface area contributed by atoms with Crippen molar-refractivity contribution in [3.05, 3.63) is 24.0 Å². The second-order valence-electron chi connectivity index (χ2n) is 4.99. The van der Waals surface area contributed by atoms with E-state index in [1.165, 1.54) is 12.1 Å². The molecule has 0 bridgehead atoms. The number of aromatic nitrogens is 3. The molecule has 20 heavy (non-hydrogen) atoms. The summed E-state index contributed by atoms with van der Waals surface area (Å²) in [6, 6.07) is 3.92. The van der Waals surface area contributed by atoms with E-state index >= 15 is 0 Å². The summed E-state index contributed by atoms with van der Waals surface area (Å²) in [5.74, 6) is 0.312. The van der Waals surface area contributed by atoms with Gasteiger partial charge in [0, 0.05) is 25.2 Å². The van der Waals surface area contributed by atoms with Crippen LogP contribution in [0.3, 0.4) is 0 Å². The predicted octanol–water partition coefficient (Wildman–Crippen LogP) is 1.24. The van der Waals surface area contributed by atoms with Crippen molar-refractivity contribution in [1.29, 1.82) is 0 Å². The lowest BCUT2D eigenvalue weighted by Gasteiger charge is -2.29. The number of anilines is 1. The molecule has 106 valence electrons. The fourth-order valence-corrected chi connectivity index (χ4v) is 2.41. The number of nitrogens with two attached hydrogens (primary N) is 1. The molecule has 0 spiro atoms. The Hall–Kier alpha value is -2.15. The molecule has 2 heterocycles. The van der Waals surface area contributed by atoms with E-state index in [4.69, 9.17) is 5.73 Å². The zero-order chi connectivity index (χ0) is 14.1. The van der Waals surface area contributed by atoms with Gasteiger partial charge in [0.15, 0.2) is 5.82 Å². The number of H-pyrrole nitrogens is 1. The molecule has 0 radical (unpaired) electrons. The summed E-state index contributed by atoms with van der Waals surface area (Å²) >= 11 is 0. The number of rotatable bonds is 2. The minimum atomic E-state index is -0.493. The van der Waals surface area contributed by atoms with Crippen LogP contribution >= 0.6 is 0 Å². The smallest absolute Gasteiger partial charge is 0.245 e. The highest BCUT2D eigenvalue weighted by molar-refractivity contribution is 5.64. The maximum absolute atomic E-state index is 13.0. The Kier molecular flexibility index (Phi) is 3.27. The summed E-state index contributed by atoms with van der Waals surface area (Å²) in [4.78, 5) is 6.36. The van der Waals surface area contributed by atoms with Crippen molar-refractivity contribution in [2.75, 3.05) is 18.0 Å². The maximum atomic E-state index is 13.0. The molecule has 1 aliphatic rings. The third-order valence-corrected chi connectivity index (χ3v) is 3.43. The first-order valence-electron chi connectivity index (χ1n) is 6.55. The van der Waals surface area contributed by atoms with Gasteiger partial charge in [0.1, 0.15) is 11.6 Å². The first-order valence-corrected chi connectivity index (χ1v) is 6.55. The lowest BCUT2D eigenvalue weighted by molar-refractivity contribution is 0.470. The zero-order valence-corrected chi connectivity index (χ0v) is 10.9. The molecule has 1 saturated heterocycles. The van der Waals surface area contributed by atoms with Gasteiger partial charge in [-0.25, -0.2) is 4.39 Å². The number of nitrogens with zero attached hydrogens (tertiary/aromatic N) is 3. The van der Waals surface area contributed by atoms with Gasteiger partial charge in [0.25, 0.3) is 0 Å². The van der Waals surface area contributed by atoms with Crippen LogP contribution in [0.2, 0.25) is 0 Å². The number of piperidine rings is 1. The van der Waals surface area contributed by atoms with Gasteiger partial charge in [0.05, 0.1) is 5.56 Å². The minimum absolute atomic E-state index is 0.130. The van der Waals surface area contributed by atoms with E-state index in [-0.39, 0.29) is 11.8 Å². The van der Waals surface area contributed by atoms with Gasteiger partial charge >= 0.3 is 0 Å². The molecule has 0 amide bonds. The molecule has 0 saturated carbocycles. The Morgan fingerprint density at radius 1 is 1.45 bits per heavy atom. The lowest BCUT2D eigenvalue weighted by Crippen LogP contribution is -2.43. The van der Waals surface area contributed by atoms with Crippen molar-refractivity contribution in [1.82, 2.24) is 15.2 Å². The highest BCUT2D eigenvalue weighted by Gasteiger charge is 2.21. The molecule has 6 nitrogen and oxygen atoms in total.